The van der Waals surface area contributed by atoms with Gasteiger partial charge in [-0.25, -0.2) is 4.79 Å². The SMILES string of the molecule is [N-]=[N+]=N[C@@H]1C[C@H](n2ccc(NC(=O)c3ccccc3)nc2=O)O[C@@H]1CO. The van der Waals surface area contributed by atoms with Crippen molar-refractivity contribution < 1.29 is 14.6 Å². The molecule has 3 rings (SSSR count). The van der Waals surface area contributed by atoms with E-state index in [9.17, 15) is 14.7 Å². The summed E-state index contributed by atoms with van der Waals surface area (Å²) in [6.07, 6.45) is 0.293. The normalized spacial score (nSPS) is 21.8. The van der Waals surface area contributed by atoms with E-state index in [0.29, 0.717) is 5.56 Å². The van der Waals surface area contributed by atoms with Gasteiger partial charge in [0.15, 0.2) is 0 Å². The maximum absolute atomic E-state index is 12.3. The molecule has 0 unspecified atom stereocenters. The fraction of sp³-hybridized carbons (Fsp3) is 0.312. The van der Waals surface area contributed by atoms with Gasteiger partial charge in [-0.3, -0.25) is 9.36 Å². The zero-order valence-corrected chi connectivity index (χ0v) is 13.6. The number of azide groups is 1. The molecule has 10 nitrogen and oxygen atoms in total. The standard InChI is InChI=1S/C16H16N6O4/c17-21-20-11-8-14(26-12(11)9-23)22-7-6-13(19-16(22)25)18-15(24)10-4-2-1-3-5-10/h1-7,11-12,14,23H,8-9H2,(H,18,19,24,25)/t11-,12-,14-/m1/s1. The van der Waals surface area contributed by atoms with Gasteiger partial charge in [-0.2, -0.15) is 4.98 Å². The van der Waals surface area contributed by atoms with Crippen LogP contribution in [-0.2, 0) is 4.74 Å². The van der Waals surface area contributed by atoms with Crippen LogP contribution in [0.5, 0.6) is 0 Å². The van der Waals surface area contributed by atoms with Gasteiger partial charge in [0.2, 0.25) is 0 Å². The van der Waals surface area contributed by atoms with Crippen molar-refractivity contribution in [2.45, 2.75) is 24.8 Å². The van der Waals surface area contributed by atoms with E-state index in [4.69, 9.17) is 10.3 Å². The zero-order chi connectivity index (χ0) is 18.5. The van der Waals surface area contributed by atoms with Gasteiger partial charge >= 0.3 is 5.69 Å². The van der Waals surface area contributed by atoms with Gasteiger partial charge in [0.25, 0.3) is 5.91 Å². The Morgan fingerprint density at radius 1 is 1.42 bits per heavy atom. The highest BCUT2D eigenvalue weighted by Crippen LogP contribution is 2.29. The van der Waals surface area contributed by atoms with E-state index in [1.165, 1.54) is 16.8 Å². The first-order chi connectivity index (χ1) is 12.6. The zero-order valence-electron chi connectivity index (χ0n) is 13.6. The summed E-state index contributed by atoms with van der Waals surface area (Å²) in [5, 5.41) is 15.4. The second-order valence-corrected chi connectivity index (χ2v) is 5.64. The average Bonchev–Trinajstić information content (AvgIpc) is 3.05. The van der Waals surface area contributed by atoms with Crippen LogP contribution >= 0.6 is 0 Å². The number of benzene rings is 1. The quantitative estimate of drug-likeness (QED) is 0.473. The Balaban J connectivity index is 1.75. The summed E-state index contributed by atoms with van der Waals surface area (Å²) >= 11 is 0. The number of aliphatic hydroxyl groups is 1. The van der Waals surface area contributed by atoms with Gasteiger partial charge in [-0.1, -0.05) is 23.3 Å². The fourth-order valence-corrected chi connectivity index (χ4v) is 2.72. The summed E-state index contributed by atoms with van der Waals surface area (Å²) in [6, 6.07) is 9.45. The molecule has 0 radical (unpaired) electrons. The summed E-state index contributed by atoms with van der Waals surface area (Å²) in [6.45, 7) is -0.326. The largest absolute Gasteiger partial charge is 0.394 e. The molecule has 1 aromatic carbocycles. The number of amides is 1. The Labute approximate surface area is 147 Å². The third-order valence-corrected chi connectivity index (χ3v) is 4.00. The number of ether oxygens (including phenoxy) is 1. The molecule has 1 aromatic heterocycles. The van der Waals surface area contributed by atoms with Crippen molar-refractivity contribution >= 4 is 11.7 Å². The van der Waals surface area contributed by atoms with Crippen LogP contribution < -0.4 is 11.0 Å². The molecule has 1 amide bonds. The van der Waals surface area contributed by atoms with Crippen molar-refractivity contribution in [2.75, 3.05) is 11.9 Å². The second kappa shape index (κ2) is 7.79. The lowest BCUT2D eigenvalue weighted by atomic mass is 10.1. The fourth-order valence-electron chi connectivity index (χ4n) is 2.72. The third-order valence-electron chi connectivity index (χ3n) is 4.00. The maximum atomic E-state index is 12.3. The van der Waals surface area contributed by atoms with Crippen LogP contribution in [0.25, 0.3) is 10.4 Å². The van der Waals surface area contributed by atoms with E-state index >= 15 is 0 Å². The van der Waals surface area contributed by atoms with Crippen molar-refractivity contribution in [3.8, 4) is 0 Å². The molecule has 1 aliphatic heterocycles. The predicted octanol–water partition coefficient (Wildman–Crippen LogP) is 1.45. The number of carbonyl (C=O) groups excluding carboxylic acids is 1. The highest BCUT2D eigenvalue weighted by atomic mass is 16.5. The molecule has 0 aliphatic carbocycles. The molecule has 1 saturated heterocycles. The summed E-state index contributed by atoms with van der Waals surface area (Å²) in [5.74, 6) is -0.264. The van der Waals surface area contributed by atoms with Gasteiger partial charge in [0.05, 0.1) is 18.8 Å². The highest BCUT2D eigenvalue weighted by molar-refractivity contribution is 6.03. The van der Waals surface area contributed by atoms with Gasteiger partial charge in [-0.15, -0.1) is 0 Å². The summed E-state index contributed by atoms with van der Waals surface area (Å²) < 4.78 is 6.78. The van der Waals surface area contributed by atoms with Crippen LogP contribution in [0.1, 0.15) is 23.0 Å². The van der Waals surface area contributed by atoms with Crippen LogP contribution in [0.15, 0.2) is 52.5 Å². The Bertz CT molecular complexity index is 893. The smallest absolute Gasteiger partial charge is 0.351 e. The van der Waals surface area contributed by atoms with Crippen LogP contribution in [0.3, 0.4) is 0 Å². The van der Waals surface area contributed by atoms with Crippen molar-refractivity contribution in [2.24, 2.45) is 5.11 Å². The Morgan fingerprint density at radius 2 is 2.19 bits per heavy atom. The van der Waals surface area contributed by atoms with Gasteiger partial charge in [-0.05, 0) is 23.7 Å². The van der Waals surface area contributed by atoms with Crippen molar-refractivity contribution in [1.29, 1.82) is 0 Å². The lowest BCUT2D eigenvalue weighted by Crippen LogP contribution is -2.28. The van der Waals surface area contributed by atoms with E-state index in [-0.39, 0.29) is 24.8 Å². The number of hydrogen-bond donors (Lipinski definition) is 2. The number of nitrogens with zero attached hydrogens (tertiary/aromatic N) is 5. The predicted molar refractivity (Wildman–Crippen MR) is 91.4 cm³/mol. The van der Waals surface area contributed by atoms with Crippen molar-refractivity contribution in [3.63, 3.8) is 0 Å². The minimum absolute atomic E-state index is 0.114. The second-order valence-electron chi connectivity index (χ2n) is 5.64. The average molecular weight is 356 g/mol. The molecule has 0 bridgehead atoms. The van der Waals surface area contributed by atoms with Crippen molar-refractivity contribution in [3.05, 3.63) is 69.1 Å². The van der Waals surface area contributed by atoms with Crippen LogP contribution in [-0.4, -0.2) is 39.3 Å². The Hall–Kier alpha value is -3.20. The Morgan fingerprint density at radius 3 is 2.85 bits per heavy atom. The third kappa shape index (κ3) is 3.72. The number of aliphatic hydroxyl groups excluding tert-OH is 1. The monoisotopic (exact) mass is 356 g/mol. The van der Waals surface area contributed by atoms with Crippen LogP contribution in [0.4, 0.5) is 5.82 Å². The number of rotatable bonds is 5. The lowest BCUT2D eigenvalue weighted by Gasteiger charge is -2.15. The minimum Gasteiger partial charge on any atom is -0.394 e. The first-order valence-corrected chi connectivity index (χ1v) is 7.88. The molecule has 2 aromatic rings. The highest BCUT2D eigenvalue weighted by Gasteiger charge is 2.35. The summed E-state index contributed by atoms with van der Waals surface area (Å²) in [7, 11) is 0. The first-order valence-electron chi connectivity index (χ1n) is 7.88. The number of hydrogen-bond acceptors (Lipinski definition) is 6. The molecule has 0 saturated carbocycles. The molecule has 26 heavy (non-hydrogen) atoms. The lowest BCUT2D eigenvalue weighted by molar-refractivity contribution is -0.0269. The van der Waals surface area contributed by atoms with E-state index in [2.05, 4.69) is 20.3 Å². The van der Waals surface area contributed by atoms with E-state index in [1.807, 2.05) is 0 Å². The van der Waals surface area contributed by atoms with Gasteiger partial charge in [0, 0.05) is 23.1 Å². The van der Waals surface area contributed by atoms with Gasteiger partial charge in [0.1, 0.15) is 12.0 Å². The number of anilines is 1. The molecule has 1 fully saturated rings. The van der Waals surface area contributed by atoms with E-state index < -0.39 is 24.1 Å². The maximum Gasteiger partial charge on any atom is 0.351 e. The molecular weight excluding hydrogens is 340 g/mol. The summed E-state index contributed by atoms with van der Waals surface area (Å²) in [5.41, 5.74) is 8.38. The molecule has 2 heterocycles. The molecule has 2 N–H and O–H groups in total. The van der Waals surface area contributed by atoms with E-state index in [0.717, 1.165) is 0 Å². The molecule has 0 spiro atoms. The van der Waals surface area contributed by atoms with Crippen molar-refractivity contribution in [1.82, 2.24) is 9.55 Å². The Kier molecular flexibility index (Phi) is 5.28. The molecule has 3 atom stereocenters. The minimum atomic E-state index is -0.707. The van der Waals surface area contributed by atoms with Crippen LogP contribution in [0.2, 0.25) is 0 Å². The molecule has 134 valence electrons. The molecule has 10 heteroatoms. The van der Waals surface area contributed by atoms with Gasteiger partial charge < -0.3 is 15.2 Å². The summed E-state index contributed by atoms with van der Waals surface area (Å²) in [4.78, 5) is 30.9. The van der Waals surface area contributed by atoms with Crippen LogP contribution in [0, 0.1) is 0 Å². The topological polar surface area (TPSA) is 142 Å². The first kappa shape index (κ1) is 17.6. The number of carbonyl (C=O) groups is 1. The molecule has 1 aliphatic rings. The number of nitrogens with one attached hydrogen (secondary N) is 1. The molecular formula is C16H16N6O4. The van der Waals surface area contributed by atoms with E-state index in [1.54, 1.807) is 30.3 Å². The number of aromatic nitrogens is 2.